The lowest BCUT2D eigenvalue weighted by molar-refractivity contribution is 0.651. The molecule has 0 heterocycles. The van der Waals surface area contributed by atoms with Crippen LogP contribution >= 0.6 is 0 Å². The van der Waals surface area contributed by atoms with Crippen LogP contribution in [0.2, 0.25) is 0 Å². The van der Waals surface area contributed by atoms with Gasteiger partial charge < -0.3 is 5.73 Å². The predicted octanol–water partition coefficient (Wildman–Crippen LogP) is 3.53. The molecule has 2 aliphatic rings. The fraction of sp³-hybridized carbons (Fsp3) is 0.250. The molecule has 1 aromatic carbocycles. The second-order valence-electron chi connectivity index (χ2n) is 5.28. The van der Waals surface area contributed by atoms with Gasteiger partial charge in [-0.15, -0.1) is 0 Å². The van der Waals surface area contributed by atoms with Crippen LogP contribution in [0.4, 0.5) is 0 Å². The van der Waals surface area contributed by atoms with Crippen LogP contribution in [-0.4, -0.2) is 0 Å². The fourth-order valence-electron chi connectivity index (χ4n) is 3.08. The van der Waals surface area contributed by atoms with E-state index in [9.17, 15) is 0 Å². The van der Waals surface area contributed by atoms with Crippen molar-refractivity contribution in [2.24, 2.45) is 5.73 Å². The van der Waals surface area contributed by atoms with Crippen LogP contribution in [0, 0.1) is 0 Å². The first kappa shape index (κ1) is 10.4. The van der Waals surface area contributed by atoms with Crippen molar-refractivity contribution in [2.45, 2.75) is 25.7 Å². The van der Waals surface area contributed by atoms with Crippen molar-refractivity contribution < 1.29 is 0 Å². The summed E-state index contributed by atoms with van der Waals surface area (Å²) in [4.78, 5) is 0. The van der Waals surface area contributed by atoms with Gasteiger partial charge in [0.05, 0.1) is 0 Å². The predicted molar refractivity (Wildman–Crippen MR) is 72.4 cm³/mol. The first-order valence-electron chi connectivity index (χ1n) is 6.08. The van der Waals surface area contributed by atoms with E-state index >= 15 is 0 Å². The lowest BCUT2D eigenvalue weighted by Crippen LogP contribution is -2.19. The zero-order valence-corrected chi connectivity index (χ0v) is 10.3. The molecule has 17 heavy (non-hydrogen) atoms. The number of fused-ring (bicyclic) bond motifs is 3. The molecule has 0 bridgehead atoms. The second-order valence-corrected chi connectivity index (χ2v) is 5.28. The zero-order chi connectivity index (χ0) is 12.0. The Balaban J connectivity index is 2.37. The molecule has 0 atom stereocenters. The highest BCUT2D eigenvalue weighted by atomic mass is 14.6. The maximum absolute atomic E-state index is 6.26. The monoisotopic (exact) mass is 223 g/mol. The Morgan fingerprint density at radius 1 is 1.18 bits per heavy atom. The van der Waals surface area contributed by atoms with Crippen molar-refractivity contribution in [2.75, 3.05) is 0 Å². The minimum Gasteiger partial charge on any atom is -0.402 e. The summed E-state index contributed by atoms with van der Waals surface area (Å²) in [5.74, 6) is 0. The van der Waals surface area contributed by atoms with Crippen LogP contribution in [0.3, 0.4) is 0 Å². The molecule has 0 unspecified atom stereocenters. The molecule has 1 heteroatoms. The molecular formula is C16H17N. The SMILES string of the molecule is CC1(C)C2=C(N)CC=CC=C2c2ccccc21. The van der Waals surface area contributed by atoms with E-state index in [1.54, 1.807) is 0 Å². The molecule has 86 valence electrons. The van der Waals surface area contributed by atoms with Gasteiger partial charge >= 0.3 is 0 Å². The third kappa shape index (κ3) is 1.32. The molecule has 0 aliphatic heterocycles. The van der Waals surface area contributed by atoms with E-state index in [1.165, 1.54) is 22.3 Å². The third-order valence-corrected chi connectivity index (χ3v) is 3.84. The number of nitrogens with two attached hydrogens (primary N) is 1. The molecule has 0 fully saturated rings. The summed E-state index contributed by atoms with van der Waals surface area (Å²) in [6, 6.07) is 8.62. The first-order chi connectivity index (χ1) is 8.12. The van der Waals surface area contributed by atoms with Gasteiger partial charge in [-0.3, -0.25) is 0 Å². The van der Waals surface area contributed by atoms with Crippen LogP contribution in [0.25, 0.3) is 5.57 Å². The van der Waals surface area contributed by atoms with Crippen LogP contribution < -0.4 is 5.73 Å². The molecule has 0 saturated heterocycles. The van der Waals surface area contributed by atoms with Gasteiger partial charge in [0.1, 0.15) is 0 Å². The van der Waals surface area contributed by atoms with Gasteiger partial charge in [-0.1, -0.05) is 56.3 Å². The van der Waals surface area contributed by atoms with E-state index in [4.69, 9.17) is 5.73 Å². The highest BCUT2D eigenvalue weighted by molar-refractivity contribution is 5.91. The van der Waals surface area contributed by atoms with Crippen molar-refractivity contribution in [1.82, 2.24) is 0 Å². The van der Waals surface area contributed by atoms with Gasteiger partial charge in [0.25, 0.3) is 0 Å². The fourth-order valence-corrected chi connectivity index (χ4v) is 3.08. The van der Waals surface area contributed by atoms with E-state index in [2.05, 4.69) is 56.3 Å². The molecule has 3 rings (SSSR count). The van der Waals surface area contributed by atoms with Gasteiger partial charge in [0.2, 0.25) is 0 Å². The van der Waals surface area contributed by atoms with Crippen molar-refractivity contribution in [3.8, 4) is 0 Å². The van der Waals surface area contributed by atoms with Gasteiger partial charge in [-0.05, 0) is 22.3 Å². The molecule has 2 N–H and O–H groups in total. The molecule has 1 aromatic rings. The Labute approximate surface area is 102 Å². The summed E-state index contributed by atoms with van der Waals surface area (Å²) < 4.78 is 0. The zero-order valence-electron chi connectivity index (χ0n) is 10.3. The minimum atomic E-state index is 0.0263. The van der Waals surface area contributed by atoms with Gasteiger partial charge in [0, 0.05) is 17.5 Å². The van der Waals surface area contributed by atoms with Crippen LogP contribution in [0.1, 0.15) is 31.4 Å². The van der Waals surface area contributed by atoms with Crippen molar-refractivity contribution in [3.05, 3.63) is 64.9 Å². The summed E-state index contributed by atoms with van der Waals surface area (Å²) in [7, 11) is 0. The van der Waals surface area contributed by atoms with Crippen molar-refractivity contribution >= 4 is 5.57 Å². The number of hydrogen-bond acceptors (Lipinski definition) is 1. The molecule has 0 amide bonds. The largest absolute Gasteiger partial charge is 0.402 e. The lowest BCUT2D eigenvalue weighted by Gasteiger charge is -2.23. The Kier molecular flexibility index (Phi) is 2.06. The summed E-state index contributed by atoms with van der Waals surface area (Å²) in [6.07, 6.45) is 7.30. The first-order valence-corrected chi connectivity index (χ1v) is 6.08. The molecule has 0 spiro atoms. The van der Waals surface area contributed by atoms with E-state index < -0.39 is 0 Å². The van der Waals surface area contributed by atoms with Gasteiger partial charge in [-0.25, -0.2) is 0 Å². The number of allylic oxidation sites excluding steroid dienone is 5. The molecule has 1 nitrogen and oxygen atoms in total. The van der Waals surface area contributed by atoms with E-state index in [-0.39, 0.29) is 5.41 Å². The van der Waals surface area contributed by atoms with Gasteiger partial charge in [0.15, 0.2) is 0 Å². The Morgan fingerprint density at radius 2 is 1.94 bits per heavy atom. The van der Waals surface area contributed by atoms with Crippen LogP contribution in [0.5, 0.6) is 0 Å². The number of hydrogen-bond donors (Lipinski definition) is 1. The van der Waals surface area contributed by atoms with E-state index in [1.807, 2.05) is 0 Å². The second kappa shape index (κ2) is 3.36. The summed E-state index contributed by atoms with van der Waals surface area (Å²) >= 11 is 0. The Hall–Kier alpha value is -1.76. The van der Waals surface area contributed by atoms with Crippen molar-refractivity contribution in [3.63, 3.8) is 0 Å². The van der Waals surface area contributed by atoms with E-state index in [0.29, 0.717) is 0 Å². The Morgan fingerprint density at radius 3 is 2.76 bits per heavy atom. The average molecular weight is 223 g/mol. The summed E-state index contributed by atoms with van der Waals surface area (Å²) in [5, 5.41) is 0. The topological polar surface area (TPSA) is 26.0 Å². The molecule has 0 radical (unpaired) electrons. The van der Waals surface area contributed by atoms with E-state index in [0.717, 1.165) is 12.1 Å². The smallest absolute Gasteiger partial charge is 0.0175 e. The normalized spacial score (nSPS) is 20.7. The van der Waals surface area contributed by atoms with Crippen LogP contribution in [-0.2, 0) is 5.41 Å². The molecule has 0 aromatic heterocycles. The molecular weight excluding hydrogens is 206 g/mol. The Bertz CT molecular complexity index is 571. The number of benzene rings is 1. The summed E-state index contributed by atoms with van der Waals surface area (Å²) in [5.41, 5.74) is 12.6. The standard InChI is InChI=1S/C16H17N/c1-16(2)13-9-5-3-7-11(13)12-8-4-6-10-14(17)15(12)16/h3-9H,10,17H2,1-2H3. The van der Waals surface area contributed by atoms with Gasteiger partial charge in [-0.2, -0.15) is 0 Å². The maximum Gasteiger partial charge on any atom is 0.0175 e. The molecule has 2 aliphatic carbocycles. The quantitative estimate of drug-likeness (QED) is 0.715. The average Bonchev–Trinajstić information content (AvgIpc) is 2.45. The maximum atomic E-state index is 6.26. The minimum absolute atomic E-state index is 0.0263. The molecule has 0 saturated carbocycles. The highest BCUT2D eigenvalue weighted by Crippen LogP contribution is 2.50. The lowest BCUT2D eigenvalue weighted by atomic mass is 9.81. The van der Waals surface area contributed by atoms with Crippen molar-refractivity contribution in [1.29, 1.82) is 0 Å². The third-order valence-electron chi connectivity index (χ3n) is 3.84. The highest BCUT2D eigenvalue weighted by Gasteiger charge is 2.39. The number of rotatable bonds is 0. The summed E-state index contributed by atoms with van der Waals surface area (Å²) in [6.45, 7) is 4.53. The van der Waals surface area contributed by atoms with Crippen LogP contribution in [0.15, 0.2) is 53.8 Å².